The van der Waals surface area contributed by atoms with Crippen LogP contribution in [0.3, 0.4) is 0 Å². The summed E-state index contributed by atoms with van der Waals surface area (Å²) in [5, 5.41) is 10.9. The van der Waals surface area contributed by atoms with Crippen molar-refractivity contribution in [1.82, 2.24) is 4.90 Å². The lowest BCUT2D eigenvalue weighted by atomic mass is 9.93. The normalized spacial score (nSPS) is 20.0. The minimum Gasteiger partial charge on any atom is -0.491 e. The SMILES string of the molecule is Cc1ccc(OCC2(O)CCCN(C(=O)/C=C/c3ccccc3)C2)cc1C. The molecule has 0 spiro atoms. The number of rotatable bonds is 5. The van der Waals surface area contributed by atoms with Crippen molar-refractivity contribution in [2.75, 3.05) is 19.7 Å². The van der Waals surface area contributed by atoms with Gasteiger partial charge in [0.2, 0.25) is 5.91 Å². The van der Waals surface area contributed by atoms with E-state index in [1.807, 2.05) is 61.5 Å². The Morgan fingerprint density at radius 1 is 1.19 bits per heavy atom. The van der Waals surface area contributed by atoms with E-state index in [4.69, 9.17) is 4.74 Å². The second-order valence-electron chi connectivity index (χ2n) is 7.37. The number of carbonyl (C=O) groups excluding carboxylic acids is 1. The summed E-state index contributed by atoms with van der Waals surface area (Å²) in [7, 11) is 0. The molecule has 1 unspecified atom stereocenters. The molecular weight excluding hydrogens is 338 g/mol. The number of amides is 1. The van der Waals surface area contributed by atoms with Crippen molar-refractivity contribution < 1.29 is 14.6 Å². The van der Waals surface area contributed by atoms with Gasteiger partial charge >= 0.3 is 0 Å². The third-order valence-electron chi connectivity index (χ3n) is 5.07. The lowest BCUT2D eigenvalue weighted by Gasteiger charge is -2.38. The Morgan fingerprint density at radius 3 is 2.70 bits per heavy atom. The third-order valence-corrected chi connectivity index (χ3v) is 5.07. The predicted octanol–water partition coefficient (Wildman–Crippen LogP) is 3.75. The highest BCUT2D eigenvalue weighted by atomic mass is 16.5. The second-order valence-corrected chi connectivity index (χ2v) is 7.37. The smallest absolute Gasteiger partial charge is 0.246 e. The van der Waals surface area contributed by atoms with Crippen LogP contribution < -0.4 is 4.74 Å². The van der Waals surface area contributed by atoms with Crippen LogP contribution in [0.2, 0.25) is 0 Å². The molecule has 4 heteroatoms. The number of benzene rings is 2. The van der Waals surface area contributed by atoms with E-state index in [-0.39, 0.29) is 19.1 Å². The molecule has 1 atom stereocenters. The summed E-state index contributed by atoms with van der Waals surface area (Å²) >= 11 is 0. The number of likely N-dealkylation sites (tertiary alicyclic amines) is 1. The lowest BCUT2D eigenvalue weighted by molar-refractivity contribution is -0.134. The molecule has 142 valence electrons. The van der Waals surface area contributed by atoms with Crippen molar-refractivity contribution in [2.24, 2.45) is 0 Å². The zero-order valence-electron chi connectivity index (χ0n) is 16.0. The summed E-state index contributed by atoms with van der Waals surface area (Å²) in [6.45, 7) is 5.22. The van der Waals surface area contributed by atoms with Crippen LogP contribution in [0, 0.1) is 13.8 Å². The first-order valence-corrected chi connectivity index (χ1v) is 9.40. The van der Waals surface area contributed by atoms with Gasteiger partial charge in [-0.15, -0.1) is 0 Å². The Hall–Kier alpha value is -2.59. The molecule has 3 rings (SSSR count). The summed E-state index contributed by atoms with van der Waals surface area (Å²) in [6, 6.07) is 15.6. The maximum absolute atomic E-state index is 12.5. The maximum atomic E-state index is 12.5. The van der Waals surface area contributed by atoms with Crippen molar-refractivity contribution in [3.05, 3.63) is 71.3 Å². The Balaban J connectivity index is 1.59. The van der Waals surface area contributed by atoms with Gasteiger partial charge in [-0.3, -0.25) is 4.79 Å². The number of hydrogen-bond donors (Lipinski definition) is 1. The van der Waals surface area contributed by atoms with Gasteiger partial charge in [0.25, 0.3) is 0 Å². The van der Waals surface area contributed by atoms with Crippen molar-refractivity contribution in [2.45, 2.75) is 32.3 Å². The fourth-order valence-corrected chi connectivity index (χ4v) is 3.28. The molecule has 1 N–H and O–H groups in total. The highest BCUT2D eigenvalue weighted by molar-refractivity contribution is 5.91. The number of piperidine rings is 1. The zero-order valence-corrected chi connectivity index (χ0v) is 16.0. The molecule has 1 aliphatic rings. The lowest BCUT2D eigenvalue weighted by Crippen LogP contribution is -2.53. The number of β-amino-alcohol motifs (C(OH)–C–C–N with tert-alkyl or cyclic N) is 1. The van der Waals surface area contributed by atoms with Gasteiger partial charge in [-0.05, 0) is 61.6 Å². The van der Waals surface area contributed by atoms with E-state index in [1.165, 1.54) is 5.56 Å². The summed E-state index contributed by atoms with van der Waals surface area (Å²) in [5.74, 6) is 0.669. The van der Waals surface area contributed by atoms with E-state index < -0.39 is 5.60 Å². The molecule has 2 aromatic rings. The molecule has 2 aromatic carbocycles. The number of aliphatic hydroxyl groups is 1. The number of ether oxygens (including phenoxy) is 1. The first-order valence-electron chi connectivity index (χ1n) is 9.40. The standard InChI is InChI=1S/C23H27NO3/c1-18-9-11-21(15-19(18)2)27-17-23(26)13-6-14-24(16-23)22(25)12-10-20-7-4-3-5-8-20/h3-5,7-12,15,26H,6,13-14,16-17H2,1-2H3/b12-10+. The van der Waals surface area contributed by atoms with E-state index in [9.17, 15) is 9.90 Å². The fourth-order valence-electron chi connectivity index (χ4n) is 3.28. The molecule has 0 radical (unpaired) electrons. The third kappa shape index (κ3) is 5.20. The van der Waals surface area contributed by atoms with Gasteiger partial charge in [0.15, 0.2) is 0 Å². The summed E-state index contributed by atoms with van der Waals surface area (Å²) in [6.07, 6.45) is 4.77. The van der Waals surface area contributed by atoms with Crippen LogP contribution in [0.5, 0.6) is 5.75 Å². The molecule has 1 saturated heterocycles. The van der Waals surface area contributed by atoms with E-state index in [1.54, 1.807) is 11.0 Å². The van der Waals surface area contributed by atoms with E-state index >= 15 is 0 Å². The van der Waals surface area contributed by atoms with Gasteiger partial charge in [-0.1, -0.05) is 36.4 Å². The predicted molar refractivity (Wildman–Crippen MR) is 108 cm³/mol. The van der Waals surface area contributed by atoms with Crippen molar-refractivity contribution in [3.8, 4) is 5.75 Å². The zero-order chi connectivity index (χ0) is 19.3. The number of aryl methyl sites for hydroxylation is 2. The molecule has 1 aliphatic heterocycles. The Morgan fingerprint density at radius 2 is 1.96 bits per heavy atom. The largest absolute Gasteiger partial charge is 0.491 e. The highest BCUT2D eigenvalue weighted by Crippen LogP contribution is 2.24. The molecular formula is C23H27NO3. The van der Waals surface area contributed by atoms with Crippen molar-refractivity contribution in [3.63, 3.8) is 0 Å². The van der Waals surface area contributed by atoms with Crippen molar-refractivity contribution in [1.29, 1.82) is 0 Å². The molecule has 0 bridgehead atoms. The molecule has 1 heterocycles. The molecule has 1 amide bonds. The molecule has 0 saturated carbocycles. The fraction of sp³-hybridized carbons (Fsp3) is 0.348. The molecule has 0 aromatic heterocycles. The first kappa shape index (κ1) is 19.2. The average molecular weight is 365 g/mol. The van der Waals surface area contributed by atoms with Crippen LogP contribution >= 0.6 is 0 Å². The Kier molecular flexibility index (Phi) is 5.97. The average Bonchev–Trinajstić information content (AvgIpc) is 2.68. The number of hydrogen-bond acceptors (Lipinski definition) is 3. The molecule has 27 heavy (non-hydrogen) atoms. The van der Waals surface area contributed by atoms with E-state index in [0.29, 0.717) is 13.0 Å². The van der Waals surface area contributed by atoms with Gasteiger partial charge in [-0.25, -0.2) is 0 Å². The second kappa shape index (κ2) is 8.40. The van der Waals surface area contributed by atoms with Crippen LogP contribution in [-0.4, -0.2) is 41.2 Å². The van der Waals surface area contributed by atoms with Gasteiger partial charge in [0.1, 0.15) is 18.0 Å². The first-order chi connectivity index (χ1) is 13.0. The van der Waals surface area contributed by atoms with Gasteiger partial charge in [0, 0.05) is 12.6 Å². The van der Waals surface area contributed by atoms with Gasteiger partial charge in [-0.2, -0.15) is 0 Å². The topological polar surface area (TPSA) is 49.8 Å². The molecule has 1 fully saturated rings. The van der Waals surface area contributed by atoms with Crippen LogP contribution in [0.15, 0.2) is 54.6 Å². The number of carbonyl (C=O) groups is 1. The highest BCUT2D eigenvalue weighted by Gasteiger charge is 2.35. The van der Waals surface area contributed by atoms with E-state index in [0.717, 1.165) is 23.3 Å². The van der Waals surface area contributed by atoms with Gasteiger partial charge < -0.3 is 14.7 Å². The summed E-state index contributed by atoms with van der Waals surface area (Å²) in [5.41, 5.74) is 2.33. The Bertz CT molecular complexity index is 816. The van der Waals surface area contributed by atoms with Crippen LogP contribution in [0.25, 0.3) is 6.08 Å². The van der Waals surface area contributed by atoms with Gasteiger partial charge in [0.05, 0.1) is 6.54 Å². The Labute approximate surface area is 161 Å². The minimum atomic E-state index is -1.02. The molecule has 4 nitrogen and oxygen atoms in total. The van der Waals surface area contributed by atoms with Crippen LogP contribution in [0.1, 0.15) is 29.5 Å². The monoisotopic (exact) mass is 365 g/mol. The van der Waals surface area contributed by atoms with Crippen LogP contribution in [-0.2, 0) is 4.79 Å². The molecule has 0 aliphatic carbocycles. The van der Waals surface area contributed by atoms with Crippen LogP contribution in [0.4, 0.5) is 0 Å². The quantitative estimate of drug-likeness (QED) is 0.821. The van der Waals surface area contributed by atoms with Crippen molar-refractivity contribution >= 4 is 12.0 Å². The summed E-state index contributed by atoms with van der Waals surface area (Å²) < 4.78 is 5.84. The minimum absolute atomic E-state index is 0.0804. The maximum Gasteiger partial charge on any atom is 0.246 e. The summed E-state index contributed by atoms with van der Waals surface area (Å²) in [4.78, 5) is 14.2. The number of nitrogens with zero attached hydrogens (tertiary/aromatic N) is 1. The van der Waals surface area contributed by atoms with E-state index in [2.05, 4.69) is 6.92 Å².